The molecule has 0 aromatic heterocycles. The van der Waals surface area contributed by atoms with Crippen LogP contribution in [0.4, 0.5) is 0 Å². The fraction of sp³-hybridized carbons (Fsp3) is 0.917. The summed E-state index contributed by atoms with van der Waals surface area (Å²) in [4.78, 5) is 14.4. The lowest BCUT2D eigenvalue weighted by atomic mass is 9.98. The van der Waals surface area contributed by atoms with Crippen molar-refractivity contribution in [1.29, 1.82) is 0 Å². The normalized spacial score (nSPS) is 28.1. The van der Waals surface area contributed by atoms with Crippen LogP contribution in [0.2, 0.25) is 0 Å². The minimum absolute atomic E-state index is 0.317. The molecule has 1 amide bonds. The van der Waals surface area contributed by atoms with Gasteiger partial charge in [-0.2, -0.15) is 11.8 Å². The molecule has 2 saturated heterocycles. The van der Waals surface area contributed by atoms with E-state index in [-0.39, 0.29) is 0 Å². The van der Waals surface area contributed by atoms with Crippen molar-refractivity contribution >= 4 is 17.7 Å². The monoisotopic (exact) mass is 242 g/mol. The van der Waals surface area contributed by atoms with Crippen LogP contribution < -0.4 is 5.32 Å². The zero-order chi connectivity index (χ0) is 11.4. The minimum Gasteiger partial charge on any atom is -0.341 e. The molecule has 2 heterocycles. The Morgan fingerprint density at radius 3 is 2.75 bits per heavy atom. The van der Waals surface area contributed by atoms with Gasteiger partial charge in [0.05, 0.1) is 0 Å². The van der Waals surface area contributed by atoms with Crippen LogP contribution in [-0.2, 0) is 4.79 Å². The van der Waals surface area contributed by atoms with Gasteiger partial charge < -0.3 is 10.2 Å². The number of carbonyl (C=O) groups excluding carboxylic acids is 1. The molecular formula is C12H22N2OS. The highest BCUT2D eigenvalue weighted by molar-refractivity contribution is 7.99. The summed E-state index contributed by atoms with van der Waals surface area (Å²) in [5, 5.41) is 3.29. The fourth-order valence-electron chi connectivity index (χ4n) is 2.62. The van der Waals surface area contributed by atoms with Crippen LogP contribution in [0.1, 0.15) is 25.7 Å². The predicted molar refractivity (Wildman–Crippen MR) is 68.7 cm³/mol. The summed E-state index contributed by atoms with van der Waals surface area (Å²) in [5.41, 5.74) is 0. The molecule has 1 unspecified atom stereocenters. The summed E-state index contributed by atoms with van der Waals surface area (Å²) in [6, 6.07) is 0.510. The molecule has 0 spiro atoms. The second kappa shape index (κ2) is 5.92. The summed E-state index contributed by atoms with van der Waals surface area (Å²) in [6.45, 7) is 1.89. The summed E-state index contributed by atoms with van der Waals surface area (Å²) in [5.74, 6) is 3.07. The van der Waals surface area contributed by atoms with Gasteiger partial charge in [0.2, 0.25) is 5.91 Å². The predicted octanol–water partition coefficient (Wildman–Crippen LogP) is 1.34. The third-order valence-electron chi connectivity index (χ3n) is 3.71. The van der Waals surface area contributed by atoms with Crippen molar-refractivity contribution in [2.24, 2.45) is 5.92 Å². The number of likely N-dealkylation sites (tertiary alicyclic amines) is 1. The highest BCUT2D eigenvalue weighted by Gasteiger charge is 2.29. The molecule has 1 N–H and O–H groups in total. The Bertz CT molecular complexity index is 241. The lowest BCUT2D eigenvalue weighted by Gasteiger charge is -2.35. The molecule has 4 heteroatoms. The quantitative estimate of drug-likeness (QED) is 0.793. The van der Waals surface area contributed by atoms with E-state index in [1.54, 1.807) is 0 Å². The molecule has 2 aliphatic heterocycles. The summed E-state index contributed by atoms with van der Waals surface area (Å²) >= 11 is 1.98. The van der Waals surface area contributed by atoms with Gasteiger partial charge in [-0.05, 0) is 44.2 Å². The van der Waals surface area contributed by atoms with E-state index >= 15 is 0 Å². The summed E-state index contributed by atoms with van der Waals surface area (Å²) in [7, 11) is 2.00. The number of piperidine rings is 1. The van der Waals surface area contributed by atoms with Gasteiger partial charge in [0.1, 0.15) is 0 Å². The molecule has 2 rings (SSSR count). The number of nitrogens with zero attached hydrogens (tertiary/aromatic N) is 1. The van der Waals surface area contributed by atoms with Crippen molar-refractivity contribution < 1.29 is 4.79 Å². The van der Waals surface area contributed by atoms with Crippen LogP contribution in [0.15, 0.2) is 0 Å². The van der Waals surface area contributed by atoms with Crippen LogP contribution in [0.5, 0.6) is 0 Å². The zero-order valence-corrected chi connectivity index (χ0v) is 10.9. The van der Waals surface area contributed by atoms with Gasteiger partial charge in [0, 0.05) is 25.0 Å². The Hall–Kier alpha value is -0.220. The van der Waals surface area contributed by atoms with Crippen LogP contribution in [0.3, 0.4) is 0 Å². The number of nitrogens with one attached hydrogen (secondary N) is 1. The molecule has 0 aromatic carbocycles. The molecule has 1 atom stereocenters. The maximum Gasteiger partial charge on any atom is 0.225 e. The Kier molecular flexibility index (Phi) is 4.53. The Morgan fingerprint density at radius 2 is 2.06 bits per heavy atom. The van der Waals surface area contributed by atoms with Crippen LogP contribution in [0.25, 0.3) is 0 Å². The zero-order valence-electron chi connectivity index (χ0n) is 10.1. The van der Waals surface area contributed by atoms with Crippen LogP contribution in [0, 0.1) is 5.92 Å². The SMILES string of the molecule is CNC1CCCN(C(=O)C2CCSCC2)C1. The smallest absolute Gasteiger partial charge is 0.225 e. The number of carbonyl (C=O) groups is 1. The van der Waals surface area contributed by atoms with E-state index < -0.39 is 0 Å². The maximum atomic E-state index is 12.3. The van der Waals surface area contributed by atoms with Gasteiger partial charge >= 0.3 is 0 Å². The van der Waals surface area contributed by atoms with E-state index in [4.69, 9.17) is 0 Å². The van der Waals surface area contributed by atoms with E-state index in [1.807, 2.05) is 18.8 Å². The standard InChI is InChI=1S/C12H22N2OS/c1-13-11-3-2-6-14(9-11)12(15)10-4-7-16-8-5-10/h10-11,13H,2-9H2,1H3. The van der Waals surface area contributed by atoms with Crippen molar-refractivity contribution in [3.8, 4) is 0 Å². The number of thioether (sulfide) groups is 1. The van der Waals surface area contributed by atoms with E-state index in [1.165, 1.54) is 17.9 Å². The van der Waals surface area contributed by atoms with Gasteiger partial charge in [0.15, 0.2) is 0 Å². The highest BCUT2D eigenvalue weighted by atomic mass is 32.2. The maximum absolute atomic E-state index is 12.3. The molecule has 2 aliphatic rings. The van der Waals surface area contributed by atoms with E-state index in [2.05, 4.69) is 10.2 Å². The van der Waals surface area contributed by atoms with Gasteiger partial charge in [-0.1, -0.05) is 0 Å². The van der Waals surface area contributed by atoms with E-state index in [9.17, 15) is 4.79 Å². The third kappa shape index (κ3) is 2.92. The molecular weight excluding hydrogens is 220 g/mol. The molecule has 0 saturated carbocycles. The van der Waals surface area contributed by atoms with Gasteiger partial charge in [-0.3, -0.25) is 4.79 Å². The van der Waals surface area contributed by atoms with Crippen molar-refractivity contribution in [1.82, 2.24) is 10.2 Å². The largest absolute Gasteiger partial charge is 0.341 e. The van der Waals surface area contributed by atoms with Crippen molar-refractivity contribution in [3.05, 3.63) is 0 Å². The average molecular weight is 242 g/mol. The van der Waals surface area contributed by atoms with Gasteiger partial charge in [0.25, 0.3) is 0 Å². The lowest BCUT2D eigenvalue weighted by molar-refractivity contribution is -0.137. The Balaban J connectivity index is 1.87. The number of hydrogen-bond acceptors (Lipinski definition) is 3. The highest BCUT2D eigenvalue weighted by Crippen LogP contribution is 2.25. The average Bonchev–Trinajstić information content (AvgIpc) is 2.39. The molecule has 0 aliphatic carbocycles. The van der Waals surface area contributed by atoms with Crippen molar-refractivity contribution in [3.63, 3.8) is 0 Å². The molecule has 2 fully saturated rings. The first-order chi connectivity index (χ1) is 7.81. The number of rotatable bonds is 2. The number of amides is 1. The fourth-order valence-corrected chi connectivity index (χ4v) is 3.72. The Morgan fingerprint density at radius 1 is 1.31 bits per heavy atom. The molecule has 0 aromatic rings. The minimum atomic E-state index is 0.317. The summed E-state index contributed by atoms with van der Waals surface area (Å²) in [6.07, 6.45) is 4.54. The third-order valence-corrected chi connectivity index (χ3v) is 4.76. The molecule has 3 nitrogen and oxygen atoms in total. The first-order valence-corrected chi connectivity index (χ1v) is 7.50. The van der Waals surface area contributed by atoms with Gasteiger partial charge in [-0.15, -0.1) is 0 Å². The summed E-state index contributed by atoms with van der Waals surface area (Å²) < 4.78 is 0. The van der Waals surface area contributed by atoms with E-state index in [0.717, 1.165) is 32.4 Å². The first-order valence-electron chi connectivity index (χ1n) is 6.35. The van der Waals surface area contributed by atoms with Crippen LogP contribution in [-0.4, -0.2) is 48.5 Å². The molecule has 92 valence electrons. The molecule has 16 heavy (non-hydrogen) atoms. The van der Waals surface area contributed by atoms with Crippen molar-refractivity contribution in [2.45, 2.75) is 31.7 Å². The van der Waals surface area contributed by atoms with E-state index in [0.29, 0.717) is 17.9 Å². The molecule has 0 radical (unpaired) electrons. The number of likely N-dealkylation sites (N-methyl/N-ethyl adjacent to an activating group) is 1. The van der Waals surface area contributed by atoms with Crippen molar-refractivity contribution in [2.75, 3.05) is 31.6 Å². The second-order valence-corrected chi connectivity index (χ2v) is 6.02. The molecule has 0 bridgehead atoms. The Labute approximate surface area is 102 Å². The first kappa shape index (κ1) is 12.2. The second-order valence-electron chi connectivity index (χ2n) is 4.80. The topological polar surface area (TPSA) is 32.3 Å². The van der Waals surface area contributed by atoms with Gasteiger partial charge in [-0.25, -0.2) is 0 Å². The van der Waals surface area contributed by atoms with Crippen LogP contribution >= 0.6 is 11.8 Å². The lowest BCUT2D eigenvalue weighted by Crippen LogP contribution is -2.49. The number of hydrogen-bond donors (Lipinski definition) is 1.